The molecule has 0 radical (unpaired) electrons. The van der Waals surface area contributed by atoms with Crippen LogP contribution in [0.4, 0.5) is 0 Å². The third-order valence-corrected chi connectivity index (χ3v) is 3.58. The lowest BCUT2D eigenvalue weighted by Crippen LogP contribution is -2.27. The van der Waals surface area contributed by atoms with E-state index in [4.69, 9.17) is 14.0 Å². The van der Waals surface area contributed by atoms with Crippen LogP contribution in [0, 0.1) is 0 Å². The van der Waals surface area contributed by atoms with E-state index in [1.165, 1.54) is 18.0 Å². The minimum absolute atomic E-state index is 0.295. The Bertz CT molecular complexity index is 533. The Morgan fingerprint density at radius 2 is 2.33 bits per heavy atom. The van der Waals surface area contributed by atoms with Crippen LogP contribution in [0.2, 0.25) is 0 Å². The Labute approximate surface area is 107 Å². The molecule has 0 unspecified atom stereocenters. The maximum atomic E-state index is 10.9. The topological polar surface area (TPSA) is 89.4 Å². The molecule has 0 aliphatic heterocycles. The molecule has 0 amide bonds. The van der Waals surface area contributed by atoms with Crippen LogP contribution in [-0.2, 0) is 10.5 Å². The second-order valence-corrected chi connectivity index (χ2v) is 5.70. The van der Waals surface area contributed by atoms with E-state index in [0.29, 0.717) is 23.2 Å². The summed E-state index contributed by atoms with van der Waals surface area (Å²) in [5.41, 5.74) is 0. The highest BCUT2D eigenvalue weighted by Gasteiger charge is 2.28. The molecular formula is C11H12N2O4S. The molecule has 6 nitrogen and oxygen atoms in total. The van der Waals surface area contributed by atoms with Gasteiger partial charge in [0, 0.05) is 0 Å². The lowest BCUT2D eigenvalue weighted by molar-refractivity contribution is -0.138. The molecule has 96 valence electrons. The van der Waals surface area contributed by atoms with Gasteiger partial charge in [-0.1, -0.05) is 5.16 Å². The van der Waals surface area contributed by atoms with Crippen LogP contribution < -0.4 is 0 Å². The Morgan fingerprint density at radius 3 is 2.94 bits per heavy atom. The van der Waals surface area contributed by atoms with E-state index < -0.39 is 10.7 Å². The van der Waals surface area contributed by atoms with Gasteiger partial charge in [0.15, 0.2) is 11.6 Å². The second-order valence-electron chi connectivity index (χ2n) is 4.10. The number of thioether (sulfide) groups is 1. The summed E-state index contributed by atoms with van der Waals surface area (Å²) in [7, 11) is 0. The average Bonchev–Trinajstić information content (AvgIpc) is 2.97. The Kier molecular flexibility index (Phi) is 3.42. The first-order valence-corrected chi connectivity index (χ1v) is 6.21. The summed E-state index contributed by atoms with van der Waals surface area (Å²) in [6.07, 6.45) is 1.52. The molecule has 7 heteroatoms. The first-order valence-electron chi connectivity index (χ1n) is 5.23. The number of aromatic nitrogens is 2. The molecule has 2 rings (SSSR count). The fourth-order valence-electron chi connectivity index (χ4n) is 1.12. The Hall–Kier alpha value is -1.76. The zero-order valence-electron chi connectivity index (χ0n) is 9.91. The summed E-state index contributed by atoms with van der Waals surface area (Å²) in [4.78, 5) is 15.1. The minimum Gasteiger partial charge on any atom is -0.480 e. The van der Waals surface area contributed by atoms with Crippen LogP contribution in [0.25, 0.3) is 11.7 Å². The predicted molar refractivity (Wildman–Crippen MR) is 65.0 cm³/mol. The van der Waals surface area contributed by atoms with E-state index in [0.717, 1.165) is 0 Å². The third-order valence-electron chi connectivity index (χ3n) is 2.28. The first-order chi connectivity index (χ1) is 8.49. The summed E-state index contributed by atoms with van der Waals surface area (Å²) in [5, 5.41) is 12.7. The lowest BCUT2D eigenvalue weighted by Gasteiger charge is -2.16. The number of carboxylic acids is 1. The van der Waals surface area contributed by atoms with Gasteiger partial charge in [0.25, 0.3) is 5.89 Å². The number of rotatable bonds is 5. The van der Waals surface area contributed by atoms with Crippen molar-refractivity contribution in [3.05, 3.63) is 24.2 Å². The number of aliphatic carboxylic acids is 1. The fourth-order valence-corrected chi connectivity index (χ4v) is 1.85. The minimum atomic E-state index is -0.883. The van der Waals surface area contributed by atoms with Crippen molar-refractivity contribution in [2.75, 3.05) is 0 Å². The van der Waals surface area contributed by atoms with Gasteiger partial charge >= 0.3 is 5.97 Å². The highest BCUT2D eigenvalue weighted by atomic mass is 32.2. The molecule has 0 saturated carbocycles. The fraction of sp³-hybridized carbons (Fsp3) is 0.364. The van der Waals surface area contributed by atoms with Crippen LogP contribution in [0.1, 0.15) is 19.7 Å². The number of hydrogen-bond donors (Lipinski definition) is 1. The highest BCUT2D eigenvalue weighted by molar-refractivity contribution is 8.00. The van der Waals surface area contributed by atoms with Crippen molar-refractivity contribution in [1.29, 1.82) is 0 Å². The average molecular weight is 268 g/mol. The zero-order valence-corrected chi connectivity index (χ0v) is 10.7. The first kappa shape index (κ1) is 12.7. The molecule has 1 N–H and O–H groups in total. The molecule has 0 saturated heterocycles. The van der Waals surface area contributed by atoms with Crippen molar-refractivity contribution >= 4 is 17.7 Å². The molecule has 0 atom stereocenters. The largest absolute Gasteiger partial charge is 0.480 e. The normalized spacial score (nSPS) is 11.7. The number of carboxylic acid groups (broad SMARTS) is 1. The summed E-state index contributed by atoms with van der Waals surface area (Å²) >= 11 is 1.24. The van der Waals surface area contributed by atoms with Gasteiger partial charge < -0.3 is 14.0 Å². The molecule has 0 aliphatic rings. The molecule has 18 heavy (non-hydrogen) atoms. The van der Waals surface area contributed by atoms with Gasteiger partial charge in [0.05, 0.1) is 12.0 Å². The van der Waals surface area contributed by atoms with Crippen LogP contribution in [-0.4, -0.2) is 26.0 Å². The standard InChI is InChI=1S/C11H12N2O4S/c1-11(2,10(14)15)18-6-8-12-9(17-13-8)7-4-3-5-16-7/h3-5H,6H2,1-2H3,(H,14,15). The van der Waals surface area contributed by atoms with E-state index in [-0.39, 0.29) is 0 Å². The maximum Gasteiger partial charge on any atom is 0.319 e. The monoisotopic (exact) mass is 268 g/mol. The van der Waals surface area contributed by atoms with Gasteiger partial charge in [-0.2, -0.15) is 4.98 Å². The highest BCUT2D eigenvalue weighted by Crippen LogP contribution is 2.28. The molecule has 2 aromatic heterocycles. The summed E-state index contributed by atoms with van der Waals surface area (Å²) in [6, 6.07) is 3.44. The van der Waals surface area contributed by atoms with Crippen LogP contribution >= 0.6 is 11.8 Å². The van der Waals surface area contributed by atoms with Crippen LogP contribution in [0.3, 0.4) is 0 Å². The predicted octanol–water partition coefficient (Wildman–Crippen LogP) is 2.43. The van der Waals surface area contributed by atoms with Crippen LogP contribution in [0.5, 0.6) is 0 Å². The van der Waals surface area contributed by atoms with Gasteiger partial charge in [-0.25, -0.2) is 0 Å². The van der Waals surface area contributed by atoms with E-state index >= 15 is 0 Å². The van der Waals surface area contributed by atoms with Crippen molar-refractivity contribution in [3.63, 3.8) is 0 Å². The van der Waals surface area contributed by atoms with E-state index in [1.54, 1.807) is 26.0 Å². The number of furan rings is 1. The van der Waals surface area contributed by atoms with E-state index in [2.05, 4.69) is 10.1 Å². The van der Waals surface area contributed by atoms with Crippen molar-refractivity contribution in [2.24, 2.45) is 0 Å². The molecule has 0 aliphatic carbocycles. The van der Waals surface area contributed by atoms with Gasteiger partial charge in [0.1, 0.15) is 4.75 Å². The summed E-state index contributed by atoms with van der Waals surface area (Å²) in [6.45, 7) is 3.26. The number of nitrogens with zero attached hydrogens (tertiary/aromatic N) is 2. The van der Waals surface area contributed by atoms with Crippen molar-refractivity contribution in [1.82, 2.24) is 10.1 Å². The molecule has 0 aromatic carbocycles. The lowest BCUT2D eigenvalue weighted by atomic mass is 10.2. The Morgan fingerprint density at radius 1 is 1.56 bits per heavy atom. The van der Waals surface area contributed by atoms with Crippen LogP contribution in [0.15, 0.2) is 27.3 Å². The van der Waals surface area contributed by atoms with Gasteiger partial charge in [0.2, 0.25) is 0 Å². The maximum absolute atomic E-state index is 10.9. The quantitative estimate of drug-likeness (QED) is 0.890. The SMILES string of the molecule is CC(C)(SCc1noc(-c2ccco2)n1)C(=O)O. The number of hydrogen-bond acceptors (Lipinski definition) is 6. The van der Waals surface area contributed by atoms with Crippen molar-refractivity contribution in [2.45, 2.75) is 24.3 Å². The molecule has 2 heterocycles. The summed E-state index contributed by atoms with van der Waals surface area (Å²) in [5.74, 6) is 0.728. The van der Waals surface area contributed by atoms with Gasteiger partial charge in [-0.05, 0) is 26.0 Å². The molecule has 0 spiro atoms. The smallest absolute Gasteiger partial charge is 0.319 e. The van der Waals surface area contributed by atoms with Crippen molar-refractivity contribution < 1.29 is 18.8 Å². The van der Waals surface area contributed by atoms with Crippen molar-refractivity contribution in [3.8, 4) is 11.7 Å². The van der Waals surface area contributed by atoms with Gasteiger partial charge in [-0.15, -0.1) is 11.8 Å². The molecule has 2 aromatic rings. The summed E-state index contributed by atoms with van der Waals surface area (Å²) < 4.78 is 9.25. The number of carbonyl (C=O) groups is 1. The molecule has 0 bridgehead atoms. The van der Waals surface area contributed by atoms with E-state index in [1.807, 2.05) is 0 Å². The van der Waals surface area contributed by atoms with Gasteiger partial charge in [-0.3, -0.25) is 4.79 Å². The molecular weight excluding hydrogens is 256 g/mol. The zero-order chi connectivity index (χ0) is 13.2. The Balaban J connectivity index is 2.02. The second kappa shape index (κ2) is 4.85. The third kappa shape index (κ3) is 2.73. The van der Waals surface area contributed by atoms with E-state index in [9.17, 15) is 4.79 Å². The molecule has 0 fully saturated rings.